The molecule has 0 aliphatic heterocycles. The second kappa shape index (κ2) is 9.30. The molecule has 158 valence electrons. The number of aryl methyl sites for hydroxylation is 3. The lowest BCUT2D eigenvalue weighted by Crippen LogP contribution is -2.17. The number of thiophene rings is 1. The van der Waals surface area contributed by atoms with Gasteiger partial charge in [0.15, 0.2) is 0 Å². The van der Waals surface area contributed by atoms with Gasteiger partial charge >= 0.3 is 5.97 Å². The van der Waals surface area contributed by atoms with Gasteiger partial charge in [0.25, 0.3) is 5.91 Å². The van der Waals surface area contributed by atoms with Crippen molar-refractivity contribution in [1.82, 2.24) is 0 Å². The molecule has 0 aliphatic rings. The van der Waals surface area contributed by atoms with E-state index in [4.69, 9.17) is 9.15 Å². The molecule has 0 radical (unpaired) electrons. The maximum Gasteiger partial charge on any atom is 0.342 e. The maximum absolute atomic E-state index is 13.0. The average molecular weight is 426 g/mol. The lowest BCUT2D eigenvalue weighted by molar-refractivity contribution is 0.0380. The van der Waals surface area contributed by atoms with E-state index in [0.717, 1.165) is 28.8 Å². The minimum absolute atomic E-state index is 0.267. The van der Waals surface area contributed by atoms with Crippen LogP contribution in [0.1, 0.15) is 64.1 Å². The topological polar surface area (TPSA) is 68.5 Å². The first kappa shape index (κ1) is 21.8. The molecule has 2 aromatic heterocycles. The number of hydrogen-bond donors (Lipinski definition) is 1. The van der Waals surface area contributed by atoms with Gasteiger partial charge in [-0.1, -0.05) is 37.6 Å². The van der Waals surface area contributed by atoms with E-state index in [-0.39, 0.29) is 12.0 Å². The fourth-order valence-corrected chi connectivity index (χ4v) is 4.43. The van der Waals surface area contributed by atoms with E-state index in [1.165, 1.54) is 23.2 Å². The number of amides is 1. The number of hydrogen-bond acceptors (Lipinski definition) is 5. The predicted octanol–water partition coefficient (Wildman–Crippen LogP) is 6.39. The second-order valence-corrected chi connectivity index (χ2v) is 8.71. The van der Waals surface area contributed by atoms with Crippen LogP contribution in [0.2, 0.25) is 0 Å². The molecule has 0 atom stereocenters. The number of rotatable bonds is 7. The van der Waals surface area contributed by atoms with E-state index in [1.54, 1.807) is 13.0 Å². The van der Waals surface area contributed by atoms with Gasteiger partial charge in [0, 0.05) is 10.4 Å². The van der Waals surface area contributed by atoms with Crippen molar-refractivity contribution in [2.24, 2.45) is 0 Å². The first-order valence-corrected chi connectivity index (χ1v) is 10.9. The Labute approximate surface area is 181 Å². The number of esters is 1. The van der Waals surface area contributed by atoms with Crippen molar-refractivity contribution in [1.29, 1.82) is 0 Å². The molecule has 0 spiro atoms. The van der Waals surface area contributed by atoms with Gasteiger partial charge in [-0.15, -0.1) is 11.3 Å². The maximum atomic E-state index is 13.0. The highest BCUT2D eigenvalue weighted by Crippen LogP contribution is 2.41. The van der Waals surface area contributed by atoms with Crippen molar-refractivity contribution in [3.63, 3.8) is 0 Å². The molecular weight excluding hydrogens is 398 g/mol. The van der Waals surface area contributed by atoms with Gasteiger partial charge in [-0.25, -0.2) is 4.79 Å². The first-order chi connectivity index (χ1) is 14.3. The van der Waals surface area contributed by atoms with Crippen molar-refractivity contribution in [2.45, 2.75) is 53.6 Å². The number of carbonyl (C=O) groups is 2. The van der Waals surface area contributed by atoms with Gasteiger partial charge in [0.1, 0.15) is 16.3 Å². The van der Waals surface area contributed by atoms with Gasteiger partial charge < -0.3 is 14.5 Å². The van der Waals surface area contributed by atoms with Crippen molar-refractivity contribution in [3.8, 4) is 11.1 Å². The molecule has 1 amide bonds. The molecule has 3 aromatic rings. The summed E-state index contributed by atoms with van der Waals surface area (Å²) in [6, 6.07) is 9.84. The molecule has 6 heteroatoms. The van der Waals surface area contributed by atoms with E-state index < -0.39 is 5.97 Å². The largest absolute Gasteiger partial charge is 0.469 e. The normalized spacial score (nSPS) is 11.0. The summed E-state index contributed by atoms with van der Waals surface area (Å²) in [7, 11) is 0. The Hall–Kier alpha value is -2.86. The van der Waals surface area contributed by atoms with Crippen LogP contribution in [0.15, 0.2) is 41.0 Å². The average Bonchev–Trinajstić information content (AvgIpc) is 3.25. The zero-order valence-electron chi connectivity index (χ0n) is 18.0. The summed E-state index contributed by atoms with van der Waals surface area (Å²) in [6.07, 6.45) is 3.29. The van der Waals surface area contributed by atoms with E-state index in [0.29, 0.717) is 21.9 Å². The Kier molecular flexibility index (Phi) is 6.77. The number of benzene rings is 1. The Morgan fingerprint density at radius 3 is 2.40 bits per heavy atom. The van der Waals surface area contributed by atoms with Crippen LogP contribution in [0.4, 0.5) is 5.00 Å². The summed E-state index contributed by atoms with van der Waals surface area (Å²) in [4.78, 5) is 26.7. The Morgan fingerprint density at radius 1 is 1.13 bits per heavy atom. The quantitative estimate of drug-likeness (QED) is 0.445. The summed E-state index contributed by atoms with van der Waals surface area (Å²) in [5.74, 6) is -0.231. The van der Waals surface area contributed by atoms with Gasteiger partial charge in [0.2, 0.25) is 0 Å². The first-order valence-electron chi connectivity index (χ1n) is 10.1. The highest BCUT2D eigenvalue weighted by Gasteiger charge is 2.27. The van der Waals surface area contributed by atoms with Crippen LogP contribution < -0.4 is 5.32 Å². The molecule has 3 rings (SSSR count). The third-order valence-corrected chi connectivity index (χ3v) is 5.76. The van der Waals surface area contributed by atoms with Gasteiger partial charge in [0.05, 0.1) is 17.9 Å². The Morgan fingerprint density at radius 2 is 1.83 bits per heavy atom. The second-order valence-electron chi connectivity index (χ2n) is 7.48. The SMILES string of the molecule is CCCc1ccc(-c2c(C)sc(NC(=O)c3ccoc3C)c2C(=O)OC(C)C)cc1. The molecule has 1 N–H and O–H groups in total. The van der Waals surface area contributed by atoms with Crippen molar-refractivity contribution >= 4 is 28.2 Å². The summed E-state index contributed by atoms with van der Waals surface area (Å²) in [5.41, 5.74) is 3.82. The smallest absolute Gasteiger partial charge is 0.342 e. The molecular formula is C24H27NO4S. The third kappa shape index (κ3) is 4.65. The molecule has 30 heavy (non-hydrogen) atoms. The van der Waals surface area contributed by atoms with Gasteiger partial charge in [-0.3, -0.25) is 4.79 Å². The summed E-state index contributed by atoms with van der Waals surface area (Å²) in [6.45, 7) is 9.44. The van der Waals surface area contributed by atoms with Gasteiger partial charge in [-0.05, 0) is 51.3 Å². The predicted molar refractivity (Wildman–Crippen MR) is 120 cm³/mol. The molecule has 0 aliphatic carbocycles. The number of anilines is 1. The fourth-order valence-electron chi connectivity index (χ4n) is 3.37. The van der Waals surface area contributed by atoms with E-state index in [2.05, 4.69) is 24.4 Å². The van der Waals surface area contributed by atoms with Crippen LogP contribution in [0.5, 0.6) is 0 Å². The summed E-state index contributed by atoms with van der Waals surface area (Å²) >= 11 is 1.37. The molecule has 0 bridgehead atoms. The Balaban J connectivity index is 2.04. The minimum Gasteiger partial charge on any atom is -0.469 e. The number of carbonyl (C=O) groups excluding carboxylic acids is 2. The molecule has 0 saturated carbocycles. The van der Waals surface area contributed by atoms with Crippen molar-refractivity contribution in [2.75, 3.05) is 5.32 Å². The van der Waals surface area contributed by atoms with Crippen LogP contribution >= 0.6 is 11.3 Å². The molecule has 5 nitrogen and oxygen atoms in total. The van der Waals surface area contributed by atoms with Crippen molar-refractivity contribution in [3.05, 3.63) is 63.9 Å². The monoisotopic (exact) mass is 425 g/mol. The van der Waals surface area contributed by atoms with Gasteiger partial charge in [-0.2, -0.15) is 0 Å². The van der Waals surface area contributed by atoms with E-state index in [1.807, 2.05) is 32.9 Å². The molecule has 1 aromatic carbocycles. The molecule has 0 saturated heterocycles. The number of nitrogens with one attached hydrogen (secondary N) is 1. The third-order valence-electron chi connectivity index (χ3n) is 4.74. The van der Waals surface area contributed by atoms with Crippen LogP contribution in [0, 0.1) is 13.8 Å². The highest BCUT2D eigenvalue weighted by atomic mass is 32.1. The van der Waals surface area contributed by atoms with Crippen molar-refractivity contribution < 1.29 is 18.7 Å². The van der Waals surface area contributed by atoms with E-state index in [9.17, 15) is 9.59 Å². The Bertz CT molecular complexity index is 1040. The number of furan rings is 1. The highest BCUT2D eigenvalue weighted by molar-refractivity contribution is 7.17. The van der Waals surface area contributed by atoms with Crippen LogP contribution in [0.3, 0.4) is 0 Å². The lowest BCUT2D eigenvalue weighted by atomic mass is 9.99. The lowest BCUT2D eigenvalue weighted by Gasteiger charge is -2.12. The van der Waals surface area contributed by atoms with Crippen LogP contribution in [-0.2, 0) is 11.2 Å². The standard InChI is InChI=1S/C24H27NO4S/c1-6-7-17-8-10-18(11-9-17)20-16(5)30-23(21(20)24(27)29-14(2)3)25-22(26)19-12-13-28-15(19)4/h8-14H,6-7H2,1-5H3,(H,25,26). The summed E-state index contributed by atoms with van der Waals surface area (Å²) in [5, 5.41) is 3.37. The molecule has 2 heterocycles. The van der Waals surface area contributed by atoms with Crippen LogP contribution in [-0.4, -0.2) is 18.0 Å². The zero-order valence-corrected chi connectivity index (χ0v) is 18.8. The summed E-state index contributed by atoms with van der Waals surface area (Å²) < 4.78 is 10.7. The molecule has 0 unspecified atom stereocenters. The molecule has 0 fully saturated rings. The fraction of sp³-hybridized carbons (Fsp3) is 0.333. The minimum atomic E-state index is -0.443. The zero-order chi connectivity index (χ0) is 21.8. The van der Waals surface area contributed by atoms with Crippen LogP contribution in [0.25, 0.3) is 11.1 Å². The number of ether oxygens (including phenoxy) is 1. The van der Waals surface area contributed by atoms with E-state index >= 15 is 0 Å².